The third kappa shape index (κ3) is 2.09. The van der Waals surface area contributed by atoms with Crippen LogP contribution in [0.4, 0.5) is 13.2 Å². The highest BCUT2D eigenvalue weighted by molar-refractivity contribution is 5.11. The Morgan fingerprint density at radius 1 is 1.31 bits per heavy atom. The molecule has 1 heterocycles. The highest BCUT2D eigenvalue weighted by atomic mass is 19.4. The van der Waals surface area contributed by atoms with Crippen molar-refractivity contribution in [3.63, 3.8) is 0 Å². The molecule has 1 aliphatic rings. The predicted octanol–water partition coefficient (Wildman–Crippen LogP) is 3.03. The van der Waals surface area contributed by atoms with Gasteiger partial charge in [-0.3, -0.25) is 5.32 Å². The zero-order valence-corrected chi connectivity index (χ0v) is 9.03. The molecule has 2 rings (SSSR count). The molecule has 0 bridgehead atoms. The van der Waals surface area contributed by atoms with Gasteiger partial charge in [0, 0.05) is 6.42 Å². The Bertz CT molecular complexity index is 366. The second kappa shape index (κ2) is 3.80. The van der Waals surface area contributed by atoms with Crippen LogP contribution in [0.15, 0.2) is 16.5 Å². The quantitative estimate of drug-likeness (QED) is 0.864. The number of alkyl halides is 3. The van der Waals surface area contributed by atoms with E-state index in [0.717, 1.165) is 12.2 Å². The molecule has 0 unspecified atom stereocenters. The van der Waals surface area contributed by atoms with E-state index in [1.165, 1.54) is 0 Å². The average Bonchev–Trinajstić information content (AvgIpc) is 2.88. The molecule has 0 saturated heterocycles. The summed E-state index contributed by atoms with van der Waals surface area (Å²) in [5.74, 6) is 1.36. The summed E-state index contributed by atoms with van der Waals surface area (Å²) in [4.78, 5) is 0. The summed E-state index contributed by atoms with van der Waals surface area (Å²) in [5, 5.41) is 2.55. The van der Waals surface area contributed by atoms with Crippen molar-refractivity contribution in [3.05, 3.63) is 23.7 Å². The lowest BCUT2D eigenvalue weighted by Gasteiger charge is -2.19. The summed E-state index contributed by atoms with van der Waals surface area (Å²) in [6.07, 6.45) is -3.08. The van der Waals surface area contributed by atoms with Crippen LogP contribution in [0, 0.1) is 0 Å². The maximum absolute atomic E-state index is 12.6. The molecule has 0 radical (unpaired) electrons. The molecule has 1 aromatic rings. The molecule has 16 heavy (non-hydrogen) atoms. The average molecular weight is 233 g/mol. The van der Waals surface area contributed by atoms with Crippen LogP contribution in [0.3, 0.4) is 0 Å². The van der Waals surface area contributed by atoms with Gasteiger partial charge < -0.3 is 4.42 Å². The minimum atomic E-state index is -4.16. The van der Waals surface area contributed by atoms with Crippen LogP contribution in [0.5, 0.6) is 0 Å². The van der Waals surface area contributed by atoms with Gasteiger partial charge in [-0.05, 0) is 25.0 Å². The fourth-order valence-corrected chi connectivity index (χ4v) is 1.65. The van der Waals surface area contributed by atoms with Gasteiger partial charge in [-0.25, -0.2) is 0 Å². The first-order chi connectivity index (χ1) is 7.47. The van der Waals surface area contributed by atoms with E-state index < -0.39 is 11.7 Å². The molecule has 1 aromatic heterocycles. The van der Waals surface area contributed by atoms with E-state index in [9.17, 15) is 13.2 Å². The van der Waals surface area contributed by atoms with Crippen molar-refractivity contribution in [1.29, 1.82) is 0 Å². The minimum Gasteiger partial charge on any atom is -0.465 e. The van der Waals surface area contributed by atoms with Gasteiger partial charge in [-0.1, -0.05) is 6.92 Å². The monoisotopic (exact) mass is 233 g/mol. The lowest BCUT2D eigenvalue weighted by atomic mass is 10.2. The zero-order valence-electron chi connectivity index (χ0n) is 9.03. The topological polar surface area (TPSA) is 25.2 Å². The summed E-state index contributed by atoms with van der Waals surface area (Å²) >= 11 is 0. The lowest BCUT2D eigenvalue weighted by Crippen LogP contribution is -2.44. The van der Waals surface area contributed by atoms with E-state index in [0.29, 0.717) is 5.76 Å². The number of hydrogen-bond donors (Lipinski definition) is 1. The van der Waals surface area contributed by atoms with E-state index in [1.807, 2.05) is 6.92 Å². The molecule has 0 amide bonds. The Labute approximate surface area is 91.8 Å². The molecule has 1 aliphatic carbocycles. The van der Waals surface area contributed by atoms with Crippen LogP contribution in [-0.2, 0) is 13.0 Å². The van der Waals surface area contributed by atoms with Crippen molar-refractivity contribution in [3.8, 4) is 0 Å². The molecule has 90 valence electrons. The molecule has 1 saturated carbocycles. The molecule has 1 fully saturated rings. The minimum absolute atomic E-state index is 0.138. The third-order valence-corrected chi connectivity index (χ3v) is 2.96. The van der Waals surface area contributed by atoms with E-state index >= 15 is 0 Å². The van der Waals surface area contributed by atoms with Gasteiger partial charge >= 0.3 is 6.18 Å². The maximum Gasteiger partial charge on any atom is 0.406 e. The highest BCUT2D eigenvalue weighted by Crippen LogP contribution is 2.49. The third-order valence-electron chi connectivity index (χ3n) is 2.96. The highest BCUT2D eigenvalue weighted by Gasteiger charge is 2.63. The van der Waals surface area contributed by atoms with Gasteiger partial charge in [0.1, 0.15) is 17.1 Å². The van der Waals surface area contributed by atoms with E-state index in [1.54, 1.807) is 12.1 Å². The molecule has 0 aromatic carbocycles. The van der Waals surface area contributed by atoms with Crippen molar-refractivity contribution < 1.29 is 17.6 Å². The van der Waals surface area contributed by atoms with Crippen LogP contribution in [-0.4, -0.2) is 11.7 Å². The fraction of sp³-hybridized carbons (Fsp3) is 0.636. The summed E-state index contributed by atoms with van der Waals surface area (Å²) in [5.41, 5.74) is -1.66. The molecule has 0 spiro atoms. The number of furan rings is 1. The van der Waals surface area contributed by atoms with Gasteiger partial charge in [-0.2, -0.15) is 13.2 Å². The molecule has 0 atom stereocenters. The molecule has 5 heteroatoms. The number of aryl methyl sites for hydroxylation is 1. The van der Waals surface area contributed by atoms with E-state index in [2.05, 4.69) is 5.32 Å². The van der Waals surface area contributed by atoms with Gasteiger partial charge in [0.15, 0.2) is 0 Å². The Balaban J connectivity index is 1.93. The van der Waals surface area contributed by atoms with Gasteiger partial charge in [0.2, 0.25) is 0 Å². The molecule has 1 N–H and O–H groups in total. The molecule has 2 nitrogen and oxygen atoms in total. The Hall–Kier alpha value is -0.970. The van der Waals surface area contributed by atoms with Crippen LogP contribution in [0.25, 0.3) is 0 Å². The van der Waals surface area contributed by atoms with Crippen molar-refractivity contribution >= 4 is 0 Å². The van der Waals surface area contributed by atoms with E-state index in [-0.39, 0.29) is 19.4 Å². The second-order valence-corrected chi connectivity index (χ2v) is 4.15. The maximum atomic E-state index is 12.6. The number of halogens is 3. The molecule has 0 aliphatic heterocycles. The predicted molar refractivity (Wildman–Crippen MR) is 52.9 cm³/mol. The second-order valence-electron chi connectivity index (χ2n) is 4.15. The van der Waals surface area contributed by atoms with Crippen molar-refractivity contribution in [1.82, 2.24) is 5.32 Å². The summed E-state index contributed by atoms with van der Waals surface area (Å²) in [6, 6.07) is 3.52. The SMILES string of the molecule is CCc1ccc(CNC2(C(F)(F)F)CC2)o1. The van der Waals surface area contributed by atoms with Gasteiger partial charge in [-0.15, -0.1) is 0 Å². The number of hydrogen-bond acceptors (Lipinski definition) is 2. The normalized spacial score (nSPS) is 18.8. The first kappa shape index (κ1) is 11.5. The van der Waals surface area contributed by atoms with Crippen LogP contribution in [0.2, 0.25) is 0 Å². The Kier molecular flexibility index (Phi) is 2.74. The molecular weight excluding hydrogens is 219 g/mol. The Morgan fingerprint density at radius 3 is 2.38 bits per heavy atom. The first-order valence-electron chi connectivity index (χ1n) is 5.36. The van der Waals surface area contributed by atoms with Crippen molar-refractivity contribution in [2.75, 3.05) is 0 Å². The molecular formula is C11H14F3NO. The fourth-order valence-electron chi connectivity index (χ4n) is 1.65. The van der Waals surface area contributed by atoms with Crippen LogP contribution >= 0.6 is 0 Å². The summed E-state index contributed by atoms with van der Waals surface area (Å²) < 4.78 is 43.1. The number of nitrogens with one attached hydrogen (secondary N) is 1. The van der Waals surface area contributed by atoms with Crippen LogP contribution < -0.4 is 5.32 Å². The van der Waals surface area contributed by atoms with Crippen LogP contribution in [0.1, 0.15) is 31.3 Å². The lowest BCUT2D eigenvalue weighted by molar-refractivity contribution is -0.166. The van der Waals surface area contributed by atoms with Crippen molar-refractivity contribution in [2.24, 2.45) is 0 Å². The zero-order chi connectivity index (χ0) is 11.8. The van der Waals surface area contributed by atoms with Crippen molar-refractivity contribution in [2.45, 2.75) is 44.4 Å². The largest absolute Gasteiger partial charge is 0.465 e. The summed E-state index contributed by atoms with van der Waals surface area (Å²) in [7, 11) is 0. The van der Waals surface area contributed by atoms with E-state index in [4.69, 9.17) is 4.42 Å². The smallest absolute Gasteiger partial charge is 0.406 e. The Morgan fingerprint density at radius 2 is 1.94 bits per heavy atom. The van der Waals surface area contributed by atoms with Gasteiger partial charge in [0.05, 0.1) is 6.54 Å². The standard InChI is InChI=1S/C11H14F3NO/c1-2-8-3-4-9(16-8)7-15-10(5-6-10)11(12,13)14/h3-4,15H,2,5-7H2,1H3. The number of rotatable bonds is 4. The first-order valence-corrected chi connectivity index (χ1v) is 5.36. The van der Waals surface area contributed by atoms with Gasteiger partial charge in [0.25, 0.3) is 0 Å². The summed E-state index contributed by atoms with van der Waals surface area (Å²) in [6.45, 7) is 2.08.